The monoisotopic (exact) mass is 364 g/mol. The van der Waals surface area contributed by atoms with Gasteiger partial charge < -0.3 is 19.5 Å². The van der Waals surface area contributed by atoms with Gasteiger partial charge >= 0.3 is 6.09 Å². The molecule has 1 aromatic carbocycles. The number of ether oxygens (including phenoxy) is 1. The minimum atomic E-state index is -0.284. The van der Waals surface area contributed by atoms with Crippen LogP contribution in [0.15, 0.2) is 54.9 Å². The third kappa shape index (κ3) is 3.47. The van der Waals surface area contributed by atoms with E-state index < -0.39 is 0 Å². The number of fused-ring (bicyclic) bond motifs is 1. The van der Waals surface area contributed by atoms with E-state index in [4.69, 9.17) is 4.74 Å². The first-order valence-corrected chi connectivity index (χ1v) is 9.30. The molecule has 6 heteroatoms. The van der Waals surface area contributed by atoms with Gasteiger partial charge in [-0.1, -0.05) is 25.1 Å². The Hall–Kier alpha value is -3.02. The molecule has 1 amide bonds. The summed E-state index contributed by atoms with van der Waals surface area (Å²) in [5.41, 5.74) is 2.00. The average Bonchev–Trinajstić information content (AvgIpc) is 3.17. The number of H-pyrrole nitrogens is 1. The number of aromatic amines is 1. The topological polar surface area (TPSA) is 61.5 Å². The van der Waals surface area contributed by atoms with Gasteiger partial charge in [0.25, 0.3) is 0 Å². The number of hydrogen-bond acceptors (Lipinski definition) is 4. The Labute approximate surface area is 158 Å². The van der Waals surface area contributed by atoms with Crippen molar-refractivity contribution >= 4 is 22.8 Å². The average molecular weight is 364 g/mol. The molecular weight excluding hydrogens is 340 g/mol. The van der Waals surface area contributed by atoms with Crippen LogP contribution in [0.5, 0.6) is 5.75 Å². The third-order valence-electron chi connectivity index (χ3n) is 5.44. The third-order valence-corrected chi connectivity index (χ3v) is 5.44. The fraction of sp³-hybridized carbons (Fsp3) is 0.333. The van der Waals surface area contributed by atoms with Crippen molar-refractivity contribution < 1.29 is 9.53 Å². The summed E-state index contributed by atoms with van der Waals surface area (Å²) in [5, 5.41) is 1.09. The summed E-state index contributed by atoms with van der Waals surface area (Å²) in [6.07, 6.45) is 4.39. The van der Waals surface area contributed by atoms with Crippen LogP contribution in [0.3, 0.4) is 0 Å². The first-order valence-electron chi connectivity index (χ1n) is 9.30. The molecule has 0 radical (unpaired) electrons. The van der Waals surface area contributed by atoms with Crippen molar-refractivity contribution in [2.24, 2.45) is 5.92 Å². The number of rotatable bonds is 3. The van der Waals surface area contributed by atoms with Gasteiger partial charge in [0, 0.05) is 49.6 Å². The van der Waals surface area contributed by atoms with Gasteiger partial charge in [0.2, 0.25) is 0 Å². The second kappa shape index (κ2) is 7.31. The zero-order valence-electron chi connectivity index (χ0n) is 15.6. The number of nitrogens with zero attached hydrogens (tertiary/aromatic N) is 3. The number of aromatic nitrogens is 2. The van der Waals surface area contributed by atoms with Crippen LogP contribution in [-0.4, -0.2) is 47.1 Å². The molecule has 2 aromatic heterocycles. The number of likely N-dealkylation sites (N-methyl/N-ethyl adjacent to an activating group) is 1. The maximum absolute atomic E-state index is 12.6. The van der Waals surface area contributed by atoms with Gasteiger partial charge in [0.15, 0.2) is 0 Å². The van der Waals surface area contributed by atoms with Gasteiger partial charge in [-0.2, -0.15) is 0 Å². The molecule has 3 heterocycles. The number of nitrogens with one attached hydrogen (secondary N) is 1. The number of likely N-dealkylation sites (tertiary alicyclic amines) is 1. The summed E-state index contributed by atoms with van der Waals surface area (Å²) in [5.74, 6) is 1.05. The van der Waals surface area contributed by atoms with Crippen molar-refractivity contribution in [1.29, 1.82) is 0 Å². The standard InChI is InChI=1S/C21H24N4O2/c1-15-10-13-25(21(26)27-16-6-4-3-5-7-16)14-19(15)24(2)18-9-12-23-20-17(18)8-11-22-20/h3-9,11-12,15,19H,10,13-14H2,1-2H3,(H,22,23)/t15-,19?/m1/s1. The smallest absolute Gasteiger partial charge is 0.410 e. The maximum Gasteiger partial charge on any atom is 0.415 e. The molecule has 0 saturated carbocycles. The molecule has 0 bridgehead atoms. The Morgan fingerprint density at radius 2 is 2.07 bits per heavy atom. The SMILES string of the molecule is C[C@@H]1CCN(C(=O)Oc2ccccc2)CC1N(C)c1ccnc2[nH]ccc12. The molecule has 1 fully saturated rings. The number of para-hydroxylation sites is 1. The first-order chi connectivity index (χ1) is 13.1. The van der Waals surface area contributed by atoms with Crippen LogP contribution in [0.2, 0.25) is 0 Å². The van der Waals surface area contributed by atoms with Crippen molar-refractivity contribution in [1.82, 2.24) is 14.9 Å². The summed E-state index contributed by atoms with van der Waals surface area (Å²) in [4.78, 5) is 24.2. The minimum Gasteiger partial charge on any atom is -0.410 e. The predicted molar refractivity (Wildman–Crippen MR) is 106 cm³/mol. The van der Waals surface area contributed by atoms with Gasteiger partial charge in [0.05, 0.1) is 0 Å². The van der Waals surface area contributed by atoms with Crippen LogP contribution in [0.1, 0.15) is 13.3 Å². The van der Waals surface area contributed by atoms with Crippen LogP contribution >= 0.6 is 0 Å². The summed E-state index contributed by atoms with van der Waals surface area (Å²) >= 11 is 0. The highest BCUT2D eigenvalue weighted by molar-refractivity contribution is 5.89. The number of pyridine rings is 1. The Balaban J connectivity index is 1.52. The second-order valence-electron chi connectivity index (χ2n) is 7.14. The van der Waals surface area contributed by atoms with E-state index in [1.165, 1.54) is 0 Å². The van der Waals surface area contributed by atoms with E-state index in [1.807, 2.05) is 47.6 Å². The van der Waals surface area contributed by atoms with Crippen LogP contribution < -0.4 is 9.64 Å². The maximum atomic E-state index is 12.6. The summed E-state index contributed by atoms with van der Waals surface area (Å²) < 4.78 is 5.53. The molecule has 1 aliphatic rings. The number of piperidine rings is 1. The van der Waals surface area contributed by atoms with Crippen LogP contribution in [-0.2, 0) is 0 Å². The Morgan fingerprint density at radius 1 is 1.26 bits per heavy atom. The fourth-order valence-corrected chi connectivity index (χ4v) is 3.81. The number of amides is 1. The lowest BCUT2D eigenvalue weighted by molar-refractivity contribution is 0.124. The van der Waals surface area contributed by atoms with Crippen molar-refractivity contribution in [3.63, 3.8) is 0 Å². The molecular formula is C21H24N4O2. The highest BCUT2D eigenvalue weighted by atomic mass is 16.6. The lowest BCUT2D eigenvalue weighted by atomic mass is 9.92. The highest BCUT2D eigenvalue weighted by Crippen LogP contribution is 2.30. The highest BCUT2D eigenvalue weighted by Gasteiger charge is 2.33. The largest absolute Gasteiger partial charge is 0.415 e. The number of anilines is 1. The van der Waals surface area contributed by atoms with E-state index in [0.717, 1.165) is 23.1 Å². The van der Waals surface area contributed by atoms with E-state index in [1.54, 1.807) is 12.1 Å². The normalized spacial score (nSPS) is 19.9. The lowest BCUT2D eigenvalue weighted by Gasteiger charge is -2.42. The number of hydrogen-bond donors (Lipinski definition) is 1. The Morgan fingerprint density at radius 3 is 2.89 bits per heavy atom. The van der Waals surface area contributed by atoms with Crippen LogP contribution in [0.25, 0.3) is 11.0 Å². The van der Waals surface area contributed by atoms with Crippen molar-refractivity contribution in [3.05, 3.63) is 54.9 Å². The van der Waals surface area contributed by atoms with E-state index in [0.29, 0.717) is 24.8 Å². The quantitative estimate of drug-likeness (QED) is 0.765. The van der Waals surface area contributed by atoms with Crippen molar-refractivity contribution in [2.75, 3.05) is 25.0 Å². The molecule has 6 nitrogen and oxygen atoms in total. The molecule has 4 rings (SSSR count). The molecule has 1 N–H and O–H groups in total. The molecule has 0 spiro atoms. The van der Waals surface area contributed by atoms with E-state index in [2.05, 4.69) is 28.8 Å². The lowest BCUT2D eigenvalue weighted by Crippen LogP contribution is -2.53. The van der Waals surface area contributed by atoms with Gasteiger partial charge in [0.1, 0.15) is 11.4 Å². The Bertz CT molecular complexity index is 924. The van der Waals surface area contributed by atoms with Crippen molar-refractivity contribution in [2.45, 2.75) is 19.4 Å². The zero-order chi connectivity index (χ0) is 18.8. The predicted octanol–water partition coefficient (Wildman–Crippen LogP) is 3.91. The summed E-state index contributed by atoms with van der Waals surface area (Å²) in [6.45, 7) is 3.60. The van der Waals surface area contributed by atoms with Gasteiger partial charge in [-0.05, 0) is 36.6 Å². The molecule has 27 heavy (non-hydrogen) atoms. The van der Waals surface area contributed by atoms with E-state index >= 15 is 0 Å². The van der Waals surface area contributed by atoms with Gasteiger partial charge in [-0.3, -0.25) is 0 Å². The van der Waals surface area contributed by atoms with Crippen molar-refractivity contribution in [3.8, 4) is 5.75 Å². The zero-order valence-corrected chi connectivity index (χ0v) is 15.6. The summed E-state index contributed by atoms with van der Waals surface area (Å²) in [7, 11) is 2.09. The van der Waals surface area contributed by atoms with Gasteiger partial charge in [-0.25, -0.2) is 9.78 Å². The molecule has 1 saturated heterocycles. The minimum absolute atomic E-state index is 0.211. The summed E-state index contributed by atoms with van der Waals surface area (Å²) in [6, 6.07) is 13.5. The second-order valence-corrected chi connectivity index (χ2v) is 7.14. The fourth-order valence-electron chi connectivity index (χ4n) is 3.81. The number of carbonyl (C=O) groups excluding carboxylic acids is 1. The molecule has 1 aliphatic heterocycles. The van der Waals surface area contributed by atoms with Gasteiger partial charge in [-0.15, -0.1) is 0 Å². The molecule has 3 aromatic rings. The molecule has 2 atom stereocenters. The van der Waals surface area contributed by atoms with E-state index in [-0.39, 0.29) is 12.1 Å². The number of benzene rings is 1. The van der Waals surface area contributed by atoms with Crippen LogP contribution in [0, 0.1) is 5.92 Å². The van der Waals surface area contributed by atoms with E-state index in [9.17, 15) is 4.79 Å². The first kappa shape index (κ1) is 17.4. The Kier molecular flexibility index (Phi) is 4.71. The molecule has 0 aliphatic carbocycles. The number of carbonyl (C=O) groups is 1. The van der Waals surface area contributed by atoms with Crippen LogP contribution in [0.4, 0.5) is 10.5 Å². The molecule has 1 unspecified atom stereocenters. The molecule has 140 valence electrons.